The Kier molecular flexibility index (Phi) is 6.99. The van der Waals surface area contributed by atoms with Crippen LogP contribution in [0.1, 0.15) is 31.9 Å². The number of nitrogens with one attached hydrogen (secondary N) is 1. The number of rotatable bonds is 7. The SMILES string of the molecule is CCN(CC)c1ccc(N(CC(=O)Nc2c(C)cccc2C)C(C)=O)cc1. The molecule has 0 spiro atoms. The second-order valence-corrected chi connectivity index (χ2v) is 6.61. The van der Waals surface area contributed by atoms with E-state index >= 15 is 0 Å². The van der Waals surface area contributed by atoms with Crippen molar-refractivity contribution in [2.24, 2.45) is 0 Å². The lowest BCUT2D eigenvalue weighted by Gasteiger charge is -2.24. The molecule has 0 aliphatic heterocycles. The van der Waals surface area contributed by atoms with Crippen LogP contribution < -0.4 is 15.1 Å². The molecule has 0 fully saturated rings. The minimum Gasteiger partial charge on any atom is -0.372 e. The van der Waals surface area contributed by atoms with Gasteiger partial charge in [0.05, 0.1) is 0 Å². The molecule has 0 aliphatic rings. The van der Waals surface area contributed by atoms with Gasteiger partial charge in [0.15, 0.2) is 0 Å². The predicted octanol–water partition coefficient (Wildman–Crippen LogP) is 4.14. The number of benzene rings is 2. The number of aryl methyl sites for hydroxylation is 2. The molecule has 2 rings (SSSR count). The Balaban J connectivity index is 2.15. The highest BCUT2D eigenvalue weighted by atomic mass is 16.2. The van der Waals surface area contributed by atoms with Crippen LogP contribution in [-0.2, 0) is 9.59 Å². The Morgan fingerprint density at radius 1 is 0.889 bits per heavy atom. The third kappa shape index (κ3) is 5.09. The topological polar surface area (TPSA) is 52.6 Å². The molecular weight excluding hydrogens is 338 g/mol. The second-order valence-electron chi connectivity index (χ2n) is 6.61. The Labute approximate surface area is 162 Å². The van der Waals surface area contributed by atoms with Gasteiger partial charge in [0.2, 0.25) is 11.8 Å². The Morgan fingerprint density at radius 2 is 1.41 bits per heavy atom. The van der Waals surface area contributed by atoms with Crippen LogP contribution in [-0.4, -0.2) is 31.4 Å². The molecule has 5 nitrogen and oxygen atoms in total. The summed E-state index contributed by atoms with van der Waals surface area (Å²) in [7, 11) is 0. The molecule has 144 valence electrons. The zero-order valence-electron chi connectivity index (χ0n) is 16.9. The van der Waals surface area contributed by atoms with Crippen molar-refractivity contribution in [1.29, 1.82) is 0 Å². The zero-order chi connectivity index (χ0) is 20.0. The molecule has 2 aromatic carbocycles. The predicted molar refractivity (Wildman–Crippen MR) is 113 cm³/mol. The maximum absolute atomic E-state index is 12.6. The number of carbonyl (C=O) groups is 2. The Morgan fingerprint density at radius 3 is 1.89 bits per heavy atom. The van der Waals surface area contributed by atoms with Crippen molar-refractivity contribution in [2.75, 3.05) is 34.8 Å². The maximum Gasteiger partial charge on any atom is 0.244 e. The van der Waals surface area contributed by atoms with E-state index in [-0.39, 0.29) is 18.4 Å². The van der Waals surface area contributed by atoms with E-state index in [2.05, 4.69) is 24.1 Å². The molecule has 27 heavy (non-hydrogen) atoms. The first kappa shape index (κ1) is 20.5. The number of amides is 2. The van der Waals surface area contributed by atoms with Crippen molar-refractivity contribution in [2.45, 2.75) is 34.6 Å². The lowest BCUT2D eigenvalue weighted by atomic mass is 10.1. The van der Waals surface area contributed by atoms with Gasteiger partial charge in [0.1, 0.15) is 6.54 Å². The van der Waals surface area contributed by atoms with Gasteiger partial charge in [-0.25, -0.2) is 0 Å². The summed E-state index contributed by atoms with van der Waals surface area (Å²) in [6, 6.07) is 13.6. The van der Waals surface area contributed by atoms with Crippen molar-refractivity contribution < 1.29 is 9.59 Å². The summed E-state index contributed by atoms with van der Waals surface area (Å²) < 4.78 is 0. The Bertz CT molecular complexity index is 775. The summed E-state index contributed by atoms with van der Waals surface area (Å²) >= 11 is 0. The fourth-order valence-electron chi connectivity index (χ4n) is 3.15. The molecule has 2 amide bonds. The normalized spacial score (nSPS) is 10.4. The average molecular weight is 367 g/mol. The number of hydrogen-bond donors (Lipinski definition) is 1. The lowest BCUT2D eigenvalue weighted by Crippen LogP contribution is -2.37. The van der Waals surface area contributed by atoms with Gasteiger partial charge in [-0.05, 0) is 63.1 Å². The smallest absolute Gasteiger partial charge is 0.244 e. The number of anilines is 3. The number of nitrogens with zero attached hydrogens (tertiary/aromatic N) is 2. The van der Waals surface area contributed by atoms with Gasteiger partial charge >= 0.3 is 0 Å². The van der Waals surface area contributed by atoms with Gasteiger partial charge in [0.25, 0.3) is 0 Å². The maximum atomic E-state index is 12.6. The number of para-hydroxylation sites is 1. The molecule has 0 bridgehead atoms. The first-order valence-electron chi connectivity index (χ1n) is 9.36. The summed E-state index contributed by atoms with van der Waals surface area (Å²) in [5.74, 6) is -0.377. The number of carbonyl (C=O) groups excluding carboxylic acids is 2. The Hall–Kier alpha value is -2.82. The molecule has 0 radical (unpaired) electrons. The minimum atomic E-state index is -0.213. The first-order valence-corrected chi connectivity index (χ1v) is 9.36. The third-order valence-electron chi connectivity index (χ3n) is 4.72. The molecular formula is C22H29N3O2. The van der Waals surface area contributed by atoms with Crippen LogP contribution in [0, 0.1) is 13.8 Å². The fraction of sp³-hybridized carbons (Fsp3) is 0.364. The van der Waals surface area contributed by atoms with E-state index in [4.69, 9.17) is 0 Å². The van der Waals surface area contributed by atoms with Crippen LogP contribution in [0.15, 0.2) is 42.5 Å². The molecule has 0 heterocycles. The van der Waals surface area contributed by atoms with Gasteiger partial charge in [-0.3, -0.25) is 9.59 Å². The fourth-order valence-corrected chi connectivity index (χ4v) is 3.15. The van der Waals surface area contributed by atoms with E-state index < -0.39 is 0 Å². The van der Waals surface area contributed by atoms with Gasteiger partial charge in [0, 0.05) is 37.1 Å². The van der Waals surface area contributed by atoms with Gasteiger partial charge in [-0.15, -0.1) is 0 Å². The molecule has 0 aromatic heterocycles. The van der Waals surface area contributed by atoms with Crippen LogP contribution in [0.25, 0.3) is 0 Å². The zero-order valence-corrected chi connectivity index (χ0v) is 16.9. The molecule has 2 aromatic rings. The van der Waals surface area contributed by atoms with E-state index in [1.807, 2.05) is 56.3 Å². The van der Waals surface area contributed by atoms with Crippen LogP contribution in [0.2, 0.25) is 0 Å². The summed E-state index contributed by atoms with van der Waals surface area (Å²) in [6.07, 6.45) is 0. The highest BCUT2D eigenvalue weighted by Crippen LogP contribution is 2.22. The molecule has 0 aliphatic carbocycles. The van der Waals surface area contributed by atoms with Crippen molar-refractivity contribution in [3.05, 3.63) is 53.6 Å². The molecule has 0 atom stereocenters. The van der Waals surface area contributed by atoms with E-state index in [0.717, 1.165) is 41.3 Å². The molecule has 1 N–H and O–H groups in total. The third-order valence-corrected chi connectivity index (χ3v) is 4.72. The average Bonchev–Trinajstić information content (AvgIpc) is 2.64. The van der Waals surface area contributed by atoms with Crippen molar-refractivity contribution in [3.63, 3.8) is 0 Å². The molecule has 0 unspecified atom stereocenters. The van der Waals surface area contributed by atoms with E-state index in [0.29, 0.717) is 0 Å². The van der Waals surface area contributed by atoms with Crippen LogP contribution >= 0.6 is 0 Å². The summed E-state index contributed by atoms with van der Waals surface area (Å²) in [4.78, 5) is 28.4. The van der Waals surface area contributed by atoms with Crippen LogP contribution in [0.5, 0.6) is 0 Å². The molecule has 5 heteroatoms. The summed E-state index contributed by atoms with van der Waals surface area (Å²) in [6.45, 7) is 11.4. The highest BCUT2D eigenvalue weighted by Gasteiger charge is 2.17. The van der Waals surface area contributed by atoms with Gasteiger partial charge in [-0.2, -0.15) is 0 Å². The monoisotopic (exact) mass is 367 g/mol. The van der Waals surface area contributed by atoms with E-state index in [1.54, 1.807) is 0 Å². The summed E-state index contributed by atoms with van der Waals surface area (Å²) in [5, 5.41) is 2.94. The quantitative estimate of drug-likeness (QED) is 0.800. The van der Waals surface area contributed by atoms with Crippen LogP contribution in [0.3, 0.4) is 0 Å². The first-order chi connectivity index (χ1) is 12.9. The highest BCUT2D eigenvalue weighted by molar-refractivity contribution is 6.02. The number of hydrogen-bond acceptors (Lipinski definition) is 3. The second kappa shape index (κ2) is 9.21. The summed E-state index contributed by atoms with van der Waals surface area (Å²) in [5.41, 5.74) is 4.63. The van der Waals surface area contributed by atoms with Crippen molar-refractivity contribution in [3.8, 4) is 0 Å². The largest absolute Gasteiger partial charge is 0.372 e. The van der Waals surface area contributed by atoms with Crippen molar-refractivity contribution >= 4 is 28.9 Å². The van der Waals surface area contributed by atoms with E-state index in [9.17, 15) is 9.59 Å². The molecule has 0 saturated heterocycles. The standard InChI is InChI=1S/C22H29N3O2/c1-6-24(7-2)19-11-13-20(14-12-19)25(18(5)26)15-21(27)23-22-16(3)9-8-10-17(22)4/h8-14H,6-7,15H2,1-5H3,(H,23,27). The van der Waals surface area contributed by atoms with Crippen molar-refractivity contribution in [1.82, 2.24) is 0 Å². The van der Waals surface area contributed by atoms with Gasteiger partial charge in [-0.1, -0.05) is 18.2 Å². The minimum absolute atomic E-state index is 0.0201. The van der Waals surface area contributed by atoms with Gasteiger partial charge < -0.3 is 15.1 Å². The van der Waals surface area contributed by atoms with E-state index in [1.165, 1.54) is 11.8 Å². The van der Waals surface area contributed by atoms with Crippen LogP contribution in [0.4, 0.5) is 17.1 Å². The lowest BCUT2D eigenvalue weighted by molar-refractivity contribution is -0.120. The molecule has 0 saturated carbocycles.